The predicted octanol–water partition coefficient (Wildman–Crippen LogP) is 1.03. The van der Waals surface area contributed by atoms with E-state index in [0.717, 1.165) is 38.2 Å². The molecule has 0 aromatic carbocycles. The molecule has 134 valence electrons. The standard InChI is InChI=1S/C17H27N3O4/c1-22-11-15-10-19(16(21)12-23-2)9-14-7-18-20(17(14)15)8-13-3-5-24-6-4-13/h7,13,15H,3-6,8-12H2,1-2H3/t15-/m0/s1. The molecular weight excluding hydrogens is 310 g/mol. The lowest BCUT2D eigenvalue weighted by Gasteiger charge is -2.33. The second kappa shape index (κ2) is 8.09. The van der Waals surface area contributed by atoms with Gasteiger partial charge in [-0.25, -0.2) is 0 Å². The van der Waals surface area contributed by atoms with Crippen molar-refractivity contribution in [3.8, 4) is 0 Å². The molecule has 0 bridgehead atoms. The molecule has 0 saturated carbocycles. The van der Waals surface area contributed by atoms with Crippen molar-refractivity contribution in [3.05, 3.63) is 17.5 Å². The van der Waals surface area contributed by atoms with E-state index >= 15 is 0 Å². The molecule has 1 atom stereocenters. The minimum atomic E-state index is 0.0152. The van der Waals surface area contributed by atoms with Crippen LogP contribution in [-0.4, -0.2) is 67.8 Å². The van der Waals surface area contributed by atoms with E-state index in [9.17, 15) is 4.79 Å². The van der Waals surface area contributed by atoms with Crippen LogP contribution in [0.5, 0.6) is 0 Å². The summed E-state index contributed by atoms with van der Waals surface area (Å²) in [6.45, 7) is 4.57. The molecule has 3 rings (SSSR count). The van der Waals surface area contributed by atoms with E-state index in [-0.39, 0.29) is 18.4 Å². The van der Waals surface area contributed by atoms with Gasteiger partial charge in [0.2, 0.25) is 5.91 Å². The van der Waals surface area contributed by atoms with Gasteiger partial charge in [0.05, 0.1) is 18.5 Å². The number of carbonyl (C=O) groups excluding carboxylic acids is 1. The smallest absolute Gasteiger partial charge is 0.248 e. The molecule has 0 unspecified atom stereocenters. The van der Waals surface area contributed by atoms with Gasteiger partial charge in [-0.15, -0.1) is 0 Å². The maximum absolute atomic E-state index is 12.2. The molecule has 7 nitrogen and oxygen atoms in total. The van der Waals surface area contributed by atoms with Gasteiger partial charge in [-0.2, -0.15) is 5.10 Å². The number of carbonyl (C=O) groups is 1. The van der Waals surface area contributed by atoms with Crippen LogP contribution >= 0.6 is 0 Å². The van der Waals surface area contributed by atoms with Crippen molar-refractivity contribution >= 4 is 5.91 Å². The number of amides is 1. The van der Waals surface area contributed by atoms with Crippen LogP contribution in [0.2, 0.25) is 0 Å². The van der Waals surface area contributed by atoms with Crippen LogP contribution in [0.25, 0.3) is 0 Å². The maximum Gasteiger partial charge on any atom is 0.248 e. The third-order valence-electron chi connectivity index (χ3n) is 4.91. The molecule has 0 spiro atoms. The molecule has 3 heterocycles. The summed E-state index contributed by atoms with van der Waals surface area (Å²) < 4.78 is 18.0. The molecule has 1 saturated heterocycles. The van der Waals surface area contributed by atoms with E-state index in [2.05, 4.69) is 9.78 Å². The summed E-state index contributed by atoms with van der Waals surface area (Å²) in [5.41, 5.74) is 2.35. The summed E-state index contributed by atoms with van der Waals surface area (Å²) in [6.07, 6.45) is 4.08. The highest BCUT2D eigenvalue weighted by atomic mass is 16.5. The van der Waals surface area contributed by atoms with Crippen LogP contribution in [0.15, 0.2) is 6.20 Å². The second-order valence-electron chi connectivity index (χ2n) is 6.65. The molecule has 0 radical (unpaired) electrons. The Morgan fingerprint density at radius 2 is 2.12 bits per heavy atom. The van der Waals surface area contributed by atoms with Crippen LogP contribution in [0, 0.1) is 5.92 Å². The molecule has 0 N–H and O–H groups in total. The number of rotatable bonds is 6. The van der Waals surface area contributed by atoms with Gasteiger partial charge < -0.3 is 19.1 Å². The molecule has 0 aliphatic carbocycles. The summed E-state index contributed by atoms with van der Waals surface area (Å²) in [5.74, 6) is 0.780. The fourth-order valence-corrected chi connectivity index (χ4v) is 3.71. The Kier molecular flexibility index (Phi) is 5.86. The van der Waals surface area contributed by atoms with Crippen molar-refractivity contribution in [1.82, 2.24) is 14.7 Å². The Hall–Kier alpha value is -1.44. The quantitative estimate of drug-likeness (QED) is 0.776. The van der Waals surface area contributed by atoms with E-state index in [1.165, 1.54) is 5.69 Å². The highest BCUT2D eigenvalue weighted by Crippen LogP contribution is 2.30. The van der Waals surface area contributed by atoms with E-state index in [0.29, 0.717) is 25.6 Å². The minimum absolute atomic E-state index is 0.0152. The maximum atomic E-state index is 12.2. The predicted molar refractivity (Wildman–Crippen MR) is 87.7 cm³/mol. The number of aromatic nitrogens is 2. The average molecular weight is 337 g/mol. The van der Waals surface area contributed by atoms with Gasteiger partial charge >= 0.3 is 0 Å². The Balaban J connectivity index is 1.77. The summed E-state index contributed by atoms with van der Waals surface area (Å²) >= 11 is 0. The molecule has 2 aliphatic heterocycles. The van der Waals surface area contributed by atoms with Crippen molar-refractivity contribution in [1.29, 1.82) is 0 Å². The average Bonchev–Trinajstić information content (AvgIpc) is 2.99. The summed E-state index contributed by atoms with van der Waals surface area (Å²) in [7, 11) is 3.25. The first kappa shape index (κ1) is 17.4. The van der Waals surface area contributed by atoms with Crippen LogP contribution < -0.4 is 0 Å². The molecule has 1 aromatic rings. The Morgan fingerprint density at radius 1 is 1.33 bits per heavy atom. The molecule has 7 heteroatoms. The van der Waals surface area contributed by atoms with Gasteiger partial charge in [-0.05, 0) is 18.8 Å². The first-order valence-electron chi connectivity index (χ1n) is 8.61. The van der Waals surface area contributed by atoms with Gasteiger partial charge in [0.25, 0.3) is 0 Å². The second-order valence-corrected chi connectivity index (χ2v) is 6.65. The number of ether oxygens (including phenoxy) is 3. The monoisotopic (exact) mass is 337 g/mol. The SMILES string of the molecule is COCC(=O)N1Cc2cnn(CC3CCOCC3)c2[C@H](COC)C1. The van der Waals surface area contributed by atoms with Gasteiger partial charge in [0.15, 0.2) is 0 Å². The van der Waals surface area contributed by atoms with Crippen molar-refractivity contribution in [2.24, 2.45) is 5.92 Å². The number of nitrogens with zero attached hydrogens (tertiary/aromatic N) is 3. The van der Waals surface area contributed by atoms with E-state index < -0.39 is 0 Å². The zero-order valence-electron chi connectivity index (χ0n) is 14.6. The first-order chi connectivity index (χ1) is 11.7. The van der Waals surface area contributed by atoms with Crippen LogP contribution in [0.3, 0.4) is 0 Å². The van der Waals surface area contributed by atoms with Crippen LogP contribution in [0.4, 0.5) is 0 Å². The number of methoxy groups -OCH3 is 2. The van der Waals surface area contributed by atoms with Gasteiger partial charge in [-0.1, -0.05) is 0 Å². The Bertz CT molecular complexity index is 554. The minimum Gasteiger partial charge on any atom is -0.384 e. The Morgan fingerprint density at radius 3 is 2.83 bits per heavy atom. The lowest BCUT2D eigenvalue weighted by atomic mass is 9.95. The third-order valence-corrected chi connectivity index (χ3v) is 4.91. The molecule has 24 heavy (non-hydrogen) atoms. The summed E-state index contributed by atoms with van der Waals surface area (Å²) in [5, 5.41) is 4.62. The first-order valence-corrected chi connectivity index (χ1v) is 8.61. The van der Waals surface area contributed by atoms with Crippen molar-refractivity contribution in [2.75, 3.05) is 47.2 Å². The van der Waals surface area contributed by atoms with E-state index in [4.69, 9.17) is 14.2 Å². The van der Waals surface area contributed by atoms with Crippen LogP contribution in [-0.2, 0) is 32.1 Å². The highest BCUT2D eigenvalue weighted by Gasteiger charge is 2.32. The van der Waals surface area contributed by atoms with Crippen molar-refractivity contribution in [2.45, 2.75) is 31.8 Å². The number of fused-ring (bicyclic) bond motifs is 1. The van der Waals surface area contributed by atoms with Gasteiger partial charge in [-0.3, -0.25) is 9.48 Å². The van der Waals surface area contributed by atoms with Gasteiger partial charge in [0.1, 0.15) is 6.61 Å². The van der Waals surface area contributed by atoms with E-state index in [1.807, 2.05) is 11.1 Å². The molecule has 1 fully saturated rings. The zero-order chi connectivity index (χ0) is 16.9. The Labute approximate surface area is 142 Å². The zero-order valence-corrected chi connectivity index (χ0v) is 14.6. The molecule has 2 aliphatic rings. The lowest BCUT2D eigenvalue weighted by molar-refractivity contribution is -0.136. The summed E-state index contributed by atoms with van der Waals surface area (Å²) in [6, 6.07) is 0. The fourth-order valence-electron chi connectivity index (χ4n) is 3.71. The topological polar surface area (TPSA) is 65.8 Å². The molecule has 1 aromatic heterocycles. The lowest BCUT2D eigenvalue weighted by Crippen LogP contribution is -2.41. The largest absolute Gasteiger partial charge is 0.384 e. The van der Waals surface area contributed by atoms with E-state index in [1.54, 1.807) is 14.2 Å². The van der Waals surface area contributed by atoms with Crippen LogP contribution in [0.1, 0.15) is 30.0 Å². The molecular formula is C17H27N3O4. The number of hydrogen-bond donors (Lipinski definition) is 0. The highest BCUT2D eigenvalue weighted by molar-refractivity contribution is 5.77. The van der Waals surface area contributed by atoms with Crippen molar-refractivity contribution in [3.63, 3.8) is 0 Å². The number of hydrogen-bond acceptors (Lipinski definition) is 5. The normalized spacial score (nSPS) is 21.8. The fraction of sp³-hybridized carbons (Fsp3) is 0.765. The van der Waals surface area contributed by atoms with Gasteiger partial charge in [0, 0.05) is 58.5 Å². The summed E-state index contributed by atoms with van der Waals surface area (Å²) in [4.78, 5) is 14.0. The van der Waals surface area contributed by atoms with Crippen molar-refractivity contribution < 1.29 is 19.0 Å². The third kappa shape index (κ3) is 3.79. The molecule has 1 amide bonds.